The molecule has 0 aliphatic carbocycles. The average molecular weight is 323 g/mol. The molecule has 3 rings (SSSR count). The number of anilines is 1. The van der Waals surface area contributed by atoms with Crippen molar-refractivity contribution in [3.63, 3.8) is 0 Å². The van der Waals surface area contributed by atoms with Gasteiger partial charge in [0.25, 0.3) is 0 Å². The number of ether oxygens (including phenoxy) is 1. The summed E-state index contributed by atoms with van der Waals surface area (Å²) in [6.45, 7) is 5.63. The van der Waals surface area contributed by atoms with Crippen LogP contribution in [0.4, 0.5) is 5.95 Å². The summed E-state index contributed by atoms with van der Waals surface area (Å²) in [6, 6.07) is 3.59. The van der Waals surface area contributed by atoms with E-state index in [-0.39, 0.29) is 0 Å². The molecule has 2 aromatic heterocycles. The Morgan fingerprint density at radius 1 is 1.32 bits per heavy atom. The Hall–Kier alpha value is -1.70. The van der Waals surface area contributed by atoms with Crippen LogP contribution in [0.25, 0.3) is 11.4 Å². The fourth-order valence-electron chi connectivity index (χ4n) is 2.31. The number of rotatable bonds is 6. The highest BCUT2D eigenvalue weighted by Crippen LogP contribution is 2.16. The highest BCUT2D eigenvalue weighted by molar-refractivity contribution is 6.29. The summed E-state index contributed by atoms with van der Waals surface area (Å²) in [5, 5.41) is 10.7. The topological polar surface area (TPSA) is 79.0 Å². The fourth-order valence-corrected chi connectivity index (χ4v) is 2.43. The lowest BCUT2D eigenvalue weighted by molar-refractivity contribution is 0.0378. The average Bonchev–Trinajstić information content (AvgIpc) is 3.02. The van der Waals surface area contributed by atoms with Crippen LogP contribution in [0, 0.1) is 0 Å². The van der Waals surface area contributed by atoms with Crippen molar-refractivity contribution in [2.24, 2.45) is 0 Å². The van der Waals surface area contributed by atoms with Crippen LogP contribution >= 0.6 is 11.6 Å². The molecule has 0 unspecified atom stereocenters. The molecule has 1 aliphatic heterocycles. The maximum absolute atomic E-state index is 5.77. The molecule has 0 spiro atoms. The summed E-state index contributed by atoms with van der Waals surface area (Å²) >= 11 is 5.77. The van der Waals surface area contributed by atoms with Crippen LogP contribution < -0.4 is 5.32 Å². The third-order valence-corrected chi connectivity index (χ3v) is 3.75. The van der Waals surface area contributed by atoms with Crippen LogP contribution in [0.3, 0.4) is 0 Å². The van der Waals surface area contributed by atoms with E-state index in [0.29, 0.717) is 16.9 Å². The Morgan fingerprint density at radius 2 is 2.18 bits per heavy atom. The van der Waals surface area contributed by atoms with E-state index in [1.54, 1.807) is 12.3 Å². The molecule has 3 heterocycles. The Kier molecular flexibility index (Phi) is 5.20. The monoisotopic (exact) mass is 322 g/mol. The van der Waals surface area contributed by atoms with Gasteiger partial charge in [0.05, 0.1) is 13.2 Å². The lowest BCUT2D eigenvalue weighted by atomic mass is 10.3. The summed E-state index contributed by atoms with van der Waals surface area (Å²) in [4.78, 5) is 10.8. The standard InChI is InChI=1S/C14H19ClN6O/c15-12-3-2-11(10-17-12)13-18-14(20-19-13)16-4-1-5-21-6-8-22-9-7-21/h2-3,10H,1,4-9H2,(H2,16,18,19,20). The third-order valence-electron chi connectivity index (χ3n) is 3.52. The molecule has 0 saturated carbocycles. The highest BCUT2D eigenvalue weighted by Gasteiger charge is 2.10. The molecule has 0 amide bonds. The molecule has 0 bridgehead atoms. The first kappa shape index (κ1) is 15.2. The van der Waals surface area contributed by atoms with Crippen molar-refractivity contribution in [1.82, 2.24) is 25.1 Å². The molecule has 1 aliphatic rings. The van der Waals surface area contributed by atoms with Crippen LogP contribution in [0.15, 0.2) is 18.3 Å². The van der Waals surface area contributed by atoms with E-state index in [9.17, 15) is 0 Å². The number of hydrogen-bond acceptors (Lipinski definition) is 6. The third kappa shape index (κ3) is 4.16. The lowest BCUT2D eigenvalue weighted by Crippen LogP contribution is -2.37. The number of hydrogen-bond donors (Lipinski definition) is 2. The van der Waals surface area contributed by atoms with Gasteiger partial charge in [-0.1, -0.05) is 11.6 Å². The highest BCUT2D eigenvalue weighted by atomic mass is 35.5. The van der Waals surface area contributed by atoms with Gasteiger partial charge in [0.1, 0.15) is 5.15 Å². The largest absolute Gasteiger partial charge is 0.379 e. The Balaban J connectivity index is 1.44. The van der Waals surface area contributed by atoms with Gasteiger partial charge in [-0.15, -0.1) is 5.10 Å². The molecular weight excluding hydrogens is 304 g/mol. The number of pyridine rings is 1. The van der Waals surface area contributed by atoms with Gasteiger partial charge in [-0.2, -0.15) is 4.98 Å². The molecule has 7 nitrogen and oxygen atoms in total. The second-order valence-corrected chi connectivity index (χ2v) is 5.50. The molecule has 1 saturated heterocycles. The van der Waals surface area contributed by atoms with Crippen molar-refractivity contribution in [2.45, 2.75) is 6.42 Å². The zero-order valence-corrected chi connectivity index (χ0v) is 13.0. The first-order valence-electron chi connectivity index (χ1n) is 7.39. The fraction of sp³-hybridized carbons (Fsp3) is 0.500. The van der Waals surface area contributed by atoms with Crippen LogP contribution in [0.2, 0.25) is 5.15 Å². The zero-order chi connectivity index (χ0) is 15.2. The quantitative estimate of drug-likeness (QED) is 0.622. The van der Waals surface area contributed by atoms with E-state index in [0.717, 1.165) is 51.4 Å². The summed E-state index contributed by atoms with van der Waals surface area (Å²) in [7, 11) is 0. The summed E-state index contributed by atoms with van der Waals surface area (Å²) in [6.07, 6.45) is 2.72. The van der Waals surface area contributed by atoms with Gasteiger partial charge in [0, 0.05) is 31.4 Å². The molecule has 2 aromatic rings. The number of halogens is 1. The van der Waals surface area contributed by atoms with Crippen molar-refractivity contribution in [3.05, 3.63) is 23.5 Å². The van der Waals surface area contributed by atoms with Crippen LogP contribution in [0.1, 0.15) is 6.42 Å². The maximum Gasteiger partial charge on any atom is 0.242 e. The van der Waals surface area contributed by atoms with E-state index in [4.69, 9.17) is 16.3 Å². The zero-order valence-electron chi connectivity index (χ0n) is 12.3. The van der Waals surface area contributed by atoms with E-state index < -0.39 is 0 Å². The number of aromatic nitrogens is 4. The predicted molar refractivity (Wildman–Crippen MR) is 85.0 cm³/mol. The molecular formula is C14H19ClN6O. The molecule has 2 N–H and O–H groups in total. The van der Waals surface area contributed by atoms with E-state index in [1.807, 2.05) is 6.07 Å². The molecule has 22 heavy (non-hydrogen) atoms. The van der Waals surface area contributed by atoms with Crippen molar-refractivity contribution < 1.29 is 4.74 Å². The number of morpholine rings is 1. The van der Waals surface area contributed by atoms with Gasteiger partial charge in [-0.05, 0) is 25.1 Å². The molecule has 0 aromatic carbocycles. The maximum atomic E-state index is 5.77. The molecule has 8 heteroatoms. The van der Waals surface area contributed by atoms with Crippen molar-refractivity contribution in [1.29, 1.82) is 0 Å². The summed E-state index contributed by atoms with van der Waals surface area (Å²) in [5.74, 6) is 1.28. The predicted octanol–water partition coefficient (Wildman–Crippen LogP) is 1.65. The van der Waals surface area contributed by atoms with E-state index in [1.165, 1.54) is 0 Å². The lowest BCUT2D eigenvalue weighted by Gasteiger charge is -2.26. The Morgan fingerprint density at radius 3 is 2.95 bits per heavy atom. The van der Waals surface area contributed by atoms with Gasteiger partial charge in [0.2, 0.25) is 5.95 Å². The van der Waals surface area contributed by atoms with Gasteiger partial charge >= 0.3 is 0 Å². The smallest absolute Gasteiger partial charge is 0.242 e. The molecule has 118 valence electrons. The first-order chi connectivity index (χ1) is 10.8. The van der Waals surface area contributed by atoms with Crippen molar-refractivity contribution >= 4 is 17.5 Å². The molecule has 1 fully saturated rings. The summed E-state index contributed by atoms with van der Waals surface area (Å²) < 4.78 is 5.33. The SMILES string of the molecule is Clc1ccc(-c2nc(NCCCN3CCOCC3)n[nH]2)cn1. The minimum Gasteiger partial charge on any atom is -0.379 e. The van der Waals surface area contributed by atoms with Gasteiger partial charge in [-0.3, -0.25) is 10.00 Å². The summed E-state index contributed by atoms with van der Waals surface area (Å²) in [5.41, 5.74) is 0.860. The first-order valence-corrected chi connectivity index (χ1v) is 7.77. The van der Waals surface area contributed by atoms with E-state index in [2.05, 4.69) is 30.4 Å². The second-order valence-electron chi connectivity index (χ2n) is 5.11. The van der Waals surface area contributed by atoms with Gasteiger partial charge < -0.3 is 10.1 Å². The normalized spacial score (nSPS) is 15.9. The number of H-pyrrole nitrogens is 1. The Labute approximate surface area is 134 Å². The molecule has 0 atom stereocenters. The van der Waals surface area contributed by atoms with Gasteiger partial charge in [-0.25, -0.2) is 4.98 Å². The van der Waals surface area contributed by atoms with E-state index >= 15 is 0 Å². The number of nitrogens with one attached hydrogen (secondary N) is 2. The minimum absolute atomic E-state index is 0.463. The van der Waals surface area contributed by atoms with Crippen LogP contribution in [-0.4, -0.2) is 64.5 Å². The minimum atomic E-state index is 0.463. The van der Waals surface area contributed by atoms with Crippen molar-refractivity contribution in [3.8, 4) is 11.4 Å². The number of aromatic amines is 1. The van der Waals surface area contributed by atoms with Crippen molar-refractivity contribution in [2.75, 3.05) is 44.7 Å². The molecule has 0 radical (unpaired) electrons. The van der Waals surface area contributed by atoms with Gasteiger partial charge in [0.15, 0.2) is 5.82 Å². The number of nitrogens with zero attached hydrogens (tertiary/aromatic N) is 4. The van der Waals surface area contributed by atoms with Crippen LogP contribution in [-0.2, 0) is 4.74 Å². The van der Waals surface area contributed by atoms with Crippen LogP contribution in [0.5, 0.6) is 0 Å². The Bertz CT molecular complexity index is 581. The second kappa shape index (κ2) is 7.53.